The number of carbonyl (C=O) groups is 1. The zero-order chi connectivity index (χ0) is 14.5. The zero-order valence-electron chi connectivity index (χ0n) is 12.0. The summed E-state index contributed by atoms with van der Waals surface area (Å²) >= 11 is 0. The van der Waals surface area contributed by atoms with E-state index >= 15 is 0 Å². The first-order valence-electron chi connectivity index (χ1n) is 6.60. The monoisotopic (exact) mass is 270 g/mol. The lowest BCUT2D eigenvalue weighted by Gasteiger charge is -2.07. The van der Waals surface area contributed by atoms with Crippen LogP contribution in [0.3, 0.4) is 0 Å². The molecule has 0 unspecified atom stereocenters. The number of methoxy groups -OCH3 is 1. The van der Waals surface area contributed by atoms with Crippen LogP contribution in [0.5, 0.6) is 5.88 Å². The maximum Gasteiger partial charge on any atom is 0.216 e. The second kappa shape index (κ2) is 6.28. The summed E-state index contributed by atoms with van der Waals surface area (Å²) in [5, 5.41) is 0. The molecule has 0 aliphatic heterocycles. The first-order valence-corrected chi connectivity index (χ1v) is 6.60. The molecule has 0 N–H and O–H groups in total. The third kappa shape index (κ3) is 3.41. The van der Waals surface area contributed by atoms with E-state index < -0.39 is 0 Å². The van der Waals surface area contributed by atoms with Crippen molar-refractivity contribution in [1.29, 1.82) is 0 Å². The Morgan fingerprint density at radius 3 is 2.75 bits per heavy atom. The molecule has 2 rings (SSSR count). The van der Waals surface area contributed by atoms with Crippen molar-refractivity contribution in [3.05, 3.63) is 53.5 Å². The fraction of sp³-hybridized carbons (Fsp3) is 0.312. The van der Waals surface area contributed by atoms with Crippen LogP contribution in [-0.4, -0.2) is 22.9 Å². The molecule has 0 saturated carbocycles. The van der Waals surface area contributed by atoms with Crippen LogP contribution in [0.4, 0.5) is 0 Å². The molecule has 0 bridgehead atoms. The third-order valence-corrected chi connectivity index (χ3v) is 2.92. The van der Waals surface area contributed by atoms with Gasteiger partial charge in [-0.1, -0.05) is 32.0 Å². The van der Waals surface area contributed by atoms with Crippen molar-refractivity contribution >= 4 is 5.78 Å². The van der Waals surface area contributed by atoms with Gasteiger partial charge in [-0.3, -0.25) is 4.79 Å². The van der Waals surface area contributed by atoms with Gasteiger partial charge in [0.15, 0.2) is 0 Å². The Morgan fingerprint density at radius 1 is 1.25 bits per heavy atom. The van der Waals surface area contributed by atoms with Gasteiger partial charge in [0.05, 0.1) is 7.11 Å². The molecule has 0 aliphatic carbocycles. The summed E-state index contributed by atoms with van der Waals surface area (Å²) in [4.78, 5) is 20.3. The number of benzene rings is 1. The van der Waals surface area contributed by atoms with Gasteiger partial charge in [-0.15, -0.1) is 0 Å². The molecule has 0 atom stereocenters. The number of carbonyl (C=O) groups excluding carboxylic acids is 1. The van der Waals surface area contributed by atoms with Gasteiger partial charge < -0.3 is 4.74 Å². The number of hydrogen-bond donors (Lipinski definition) is 0. The lowest BCUT2D eigenvalue weighted by atomic mass is 9.99. The third-order valence-electron chi connectivity index (χ3n) is 2.92. The molecule has 0 fully saturated rings. The number of aromatic nitrogens is 2. The number of rotatable bonds is 5. The maximum atomic E-state index is 12.4. The molecular formula is C16H18N2O2. The highest BCUT2D eigenvalue weighted by molar-refractivity contribution is 6.07. The van der Waals surface area contributed by atoms with E-state index in [0.717, 1.165) is 12.0 Å². The smallest absolute Gasteiger partial charge is 0.216 e. The first kappa shape index (κ1) is 14.2. The first-order chi connectivity index (χ1) is 9.60. The summed E-state index contributed by atoms with van der Waals surface area (Å²) in [6, 6.07) is 9.23. The molecule has 0 spiro atoms. The summed E-state index contributed by atoms with van der Waals surface area (Å²) in [5.41, 5.74) is 2.15. The van der Waals surface area contributed by atoms with Crippen LogP contribution >= 0.6 is 0 Å². The van der Waals surface area contributed by atoms with Crippen LogP contribution in [0.1, 0.15) is 35.5 Å². The van der Waals surface area contributed by atoms with Gasteiger partial charge in [0, 0.05) is 11.6 Å². The molecular weight excluding hydrogens is 252 g/mol. The molecule has 0 amide bonds. The molecule has 104 valence electrons. The van der Waals surface area contributed by atoms with E-state index in [2.05, 4.69) is 23.8 Å². The topological polar surface area (TPSA) is 52.1 Å². The molecule has 0 saturated heterocycles. The molecule has 20 heavy (non-hydrogen) atoms. The summed E-state index contributed by atoms with van der Waals surface area (Å²) < 4.78 is 5.01. The normalized spacial score (nSPS) is 10.6. The van der Waals surface area contributed by atoms with E-state index in [9.17, 15) is 4.79 Å². The van der Waals surface area contributed by atoms with Crippen LogP contribution in [0, 0.1) is 5.92 Å². The molecule has 2 aromatic rings. The van der Waals surface area contributed by atoms with Crippen LogP contribution in [0.25, 0.3) is 0 Å². The minimum atomic E-state index is -0.115. The highest BCUT2D eigenvalue weighted by Gasteiger charge is 2.12. The maximum absolute atomic E-state index is 12.4. The molecule has 4 heteroatoms. The average Bonchev–Trinajstić information content (AvgIpc) is 2.46. The molecule has 4 nitrogen and oxygen atoms in total. The van der Waals surface area contributed by atoms with E-state index in [4.69, 9.17) is 4.74 Å². The van der Waals surface area contributed by atoms with Gasteiger partial charge in [0.1, 0.15) is 12.0 Å². The highest BCUT2D eigenvalue weighted by atomic mass is 16.5. The lowest BCUT2D eigenvalue weighted by Crippen LogP contribution is -2.06. The van der Waals surface area contributed by atoms with Crippen molar-refractivity contribution in [2.24, 2.45) is 5.92 Å². The standard InChI is InChI=1S/C16H18N2O2/c1-11(2)7-12-5-4-6-13(8-12)16(19)14-9-15(20-3)18-10-17-14/h4-6,8-11H,7H2,1-3H3. The minimum absolute atomic E-state index is 0.115. The zero-order valence-corrected chi connectivity index (χ0v) is 12.0. The molecule has 1 aromatic heterocycles. The highest BCUT2D eigenvalue weighted by Crippen LogP contribution is 2.15. The fourth-order valence-electron chi connectivity index (χ4n) is 2.03. The number of hydrogen-bond acceptors (Lipinski definition) is 4. The molecule has 0 aliphatic rings. The average molecular weight is 270 g/mol. The van der Waals surface area contributed by atoms with Crippen molar-refractivity contribution in [1.82, 2.24) is 9.97 Å². The lowest BCUT2D eigenvalue weighted by molar-refractivity contribution is 0.103. The van der Waals surface area contributed by atoms with Gasteiger partial charge >= 0.3 is 0 Å². The van der Waals surface area contributed by atoms with Gasteiger partial charge in [-0.05, 0) is 24.0 Å². The Hall–Kier alpha value is -2.23. The summed E-state index contributed by atoms with van der Waals surface area (Å²) in [6.07, 6.45) is 2.29. The Balaban J connectivity index is 2.28. The summed E-state index contributed by atoms with van der Waals surface area (Å²) in [5.74, 6) is 0.831. The van der Waals surface area contributed by atoms with Crippen molar-refractivity contribution < 1.29 is 9.53 Å². The van der Waals surface area contributed by atoms with Crippen molar-refractivity contribution in [2.75, 3.05) is 7.11 Å². The van der Waals surface area contributed by atoms with Crippen molar-refractivity contribution in [2.45, 2.75) is 20.3 Å². The predicted octanol–water partition coefficient (Wildman–Crippen LogP) is 2.91. The van der Waals surface area contributed by atoms with E-state index in [1.807, 2.05) is 18.2 Å². The predicted molar refractivity (Wildman–Crippen MR) is 77.0 cm³/mol. The number of nitrogens with zero attached hydrogens (tertiary/aromatic N) is 2. The Kier molecular flexibility index (Phi) is 4.45. The Labute approximate surface area is 118 Å². The van der Waals surface area contributed by atoms with E-state index in [1.165, 1.54) is 13.4 Å². The molecule has 0 radical (unpaired) electrons. The largest absolute Gasteiger partial charge is 0.481 e. The quantitative estimate of drug-likeness (QED) is 0.784. The molecule has 1 heterocycles. The number of ketones is 1. The van der Waals surface area contributed by atoms with Gasteiger partial charge in [-0.2, -0.15) is 0 Å². The molecule has 1 aromatic carbocycles. The van der Waals surface area contributed by atoms with Crippen LogP contribution < -0.4 is 4.74 Å². The number of ether oxygens (including phenoxy) is 1. The van der Waals surface area contributed by atoms with E-state index in [-0.39, 0.29) is 5.78 Å². The Bertz CT molecular complexity index is 609. The fourth-order valence-corrected chi connectivity index (χ4v) is 2.03. The minimum Gasteiger partial charge on any atom is -0.481 e. The Morgan fingerprint density at radius 2 is 2.05 bits per heavy atom. The van der Waals surface area contributed by atoms with Crippen LogP contribution in [-0.2, 0) is 6.42 Å². The summed E-state index contributed by atoms with van der Waals surface area (Å²) in [6.45, 7) is 4.31. The van der Waals surface area contributed by atoms with Crippen molar-refractivity contribution in [3.8, 4) is 5.88 Å². The van der Waals surface area contributed by atoms with Gasteiger partial charge in [-0.25, -0.2) is 9.97 Å². The van der Waals surface area contributed by atoms with Crippen molar-refractivity contribution in [3.63, 3.8) is 0 Å². The van der Waals surface area contributed by atoms with Crippen LogP contribution in [0.2, 0.25) is 0 Å². The van der Waals surface area contributed by atoms with Crippen LogP contribution in [0.15, 0.2) is 36.7 Å². The second-order valence-electron chi connectivity index (χ2n) is 5.07. The van der Waals surface area contributed by atoms with Gasteiger partial charge in [0.2, 0.25) is 11.7 Å². The van der Waals surface area contributed by atoms with E-state index in [0.29, 0.717) is 23.1 Å². The van der Waals surface area contributed by atoms with Gasteiger partial charge in [0.25, 0.3) is 0 Å². The SMILES string of the molecule is COc1cc(C(=O)c2cccc(CC(C)C)c2)ncn1. The van der Waals surface area contributed by atoms with E-state index in [1.54, 1.807) is 12.1 Å². The summed E-state index contributed by atoms with van der Waals surface area (Å²) in [7, 11) is 1.51. The second-order valence-corrected chi connectivity index (χ2v) is 5.07.